The maximum Gasteiger partial charge on any atom is 0.291 e. The van der Waals surface area contributed by atoms with E-state index < -0.39 is 10.0 Å². The van der Waals surface area contributed by atoms with E-state index >= 15 is 0 Å². The summed E-state index contributed by atoms with van der Waals surface area (Å²) in [5.41, 5.74) is 3.49. The maximum absolute atomic E-state index is 13.2. The number of hydrogen-bond donors (Lipinski definition) is 2. The van der Waals surface area contributed by atoms with Crippen molar-refractivity contribution in [3.8, 4) is 5.75 Å². The minimum absolute atomic E-state index is 0.111. The van der Waals surface area contributed by atoms with E-state index in [1.807, 2.05) is 32.0 Å². The smallest absolute Gasteiger partial charge is 0.291 e. The van der Waals surface area contributed by atoms with Crippen LogP contribution in [0.5, 0.6) is 5.75 Å². The zero-order chi connectivity index (χ0) is 24.3. The van der Waals surface area contributed by atoms with Gasteiger partial charge in [0, 0.05) is 36.1 Å². The number of methoxy groups -OCH3 is 1. The Balaban J connectivity index is 1.55. The van der Waals surface area contributed by atoms with E-state index in [4.69, 9.17) is 4.74 Å². The molecule has 0 bridgehead atoms. The largest absolute Gasteiger partial charge is 0.496 e. The number of piperidine rings is 1. The first-order valence-electron chi connectivity index (χ1n) is 11.4. The van der Waals surface area contributed by atoms with Gasteiger partial charge < -0.3 is 15.4 Å². The van der Waals surface area contributed by atoms with Gasteiger partial charge in [0.2, 0.25) is 4.34 Å². The Morgan fingerprint density at radius 1 is 1.21 bits per heavy atom. The van der Waals surface area contributed by atoms with Crippen LogP contribution in [0.4, 0.5) is 5.69 Å². The molecule has 0 radical (unpaired) electrons. The predicted molar refractivity (Wildman–Crippen MR) is 137 cm³/mol. The SMILES string of the molecule is COc1ccc(N(C)S(=O)(=O)c2nc(C)c(C)s2)cc1CN[C@H]1CCCN[C@H]1c1ccccc1. The molecule has 1 fully saturated rings. The lowest BCUT2D eigenvalue weighted by Gasteiger charge is -2.34. The highest BCUT2D eigenvalue weighted by Gasteiger charge is 2.28. The highest BCUT2D eigenvalue weighted by atomic mass is 32.2. The number of anilines is 1. The summed E-state index contributed by atoms with van der Waals surface area (Å²) < 4.78 is 33.4. The molecule has 1 aliphatic rings. The molecule has 4 rings (SSSR count). The lowest BCUT2D eigenvalue weighted by atomic mass is 9.92. The van der Waals surface area contributed by atoms with Gasteiger partial charge in [0.05, 0.1) is 18.5 Å². The zero-order valence-corrected chi connectivity index (χ0v) is 21.7. The Kier molecular flexibility index (Phi) is 7.57. The molecule has 2 heterocycles. The van der Waals surface area contributed by atoms with E-state index in [0.717, 1.165) is 41.3 Å². The number of benzene rings is 2. The molecule has 2 N–H and O–H groups in total. The molecule has 3 aromatic rings. The van der Waals surface area contributed by atoms with Crippen molar-refractivity contribution in [3.63, 3.8) is 0 Å². The fourth-order valence-corrected chi connectivity index (χ4v) is 6.92. The van der Waals surface area contributed by atoms with Crippen LogP contribution in [-0.2, 0) is 16.6 Å². The van der Waals surface area contributed by atoms with Crippen molar-refractivity contribution in [2.75, 3.05) is 25.0 Å². The van der Waals surface area contributed by atoms with E-state index in [1.165, 1.54) is 21.2 Å². The molecule has 1 saturated heterocycles. The average molecular weight is 501 g/mol. The summed E-state index contributed by atoms with van der Waals surface area (Å²) in [4.78, 5) is 5.17. The highest BCUT2D eigenvalue weighted by Crippen LogP contribution is 2.31. The minimum Gasteiger partial charge on any atom is -0.496 e. The lowest BCUT2D eigenvalue weighted by Crippen LogP contribution is -2.45. The predicted octanol–water partition coefficient (Wildman–Crippen LogP) is 4.18. The fraction of sp³-hybridized carbons (Fsp3) is 0.400. The van der Waals surface area contributed by atoms with E-state index in [-0.39, 0.29) is 16.4 Å². The molecule has 182 valence electrons. The monoisotopic (exact) mass is 500 g/mol. The Labute approximate surface area is 206 Å². The van der Waals surface area contributed by atoms with Gasteiger partial charge in [0.15, 0.2) is 0 Å². The standard InChI is InChI=1S/C25H32N4O3S2/c1-17-18(2)33-25(28-17)34(30,31)29(3)21-12-13-23(32-4)20(15-21)16-27-22-11-8-14-26-24(22)19-9-6-5-7-10-19/h5-7,9-10,12-13,15,22,24,26-27H,8,11,14,16H2,1-4H3/t22-,24-/m0/s1. The van der Waals surface area contributed by atoms with Gasteiger partial charge in [-0.3, -0.25) is 4.31 Å². The molecule has 1 aliphatic heterocycles. The third-order valence-electron chi connectivity index (χ3n) is 6.39. The molecule has 34 heavy (non-hydrogen) atoms. The van der Waals surface area contributed by atoms with Crippen LogP contribution >= 0.6 is 11.3 Å². The summed E-state index contributed by atoms with van der Waals surface area (Å²) in [7, 11) is -0.540. The number of hydrogen-bond acceptors (Lipinski definition) is 7. The van der Waals surface area contributed by atoms with Crippen LogP contribution < -0.4 is 19.7 Å². The topological polar surface area (TPSA) is 83.6 Å². The molecule has 0 unspecified atom stereocenters. The molecule has 2 atom stereocenters. The number of aromatic nitrogens is 1. The average Bonchev–Trinajstić information content (AvgIpc) is 3.21. The lowest BCUT2D eigenvalue weighted by molar-refractivity contribution is 0.303. The molecule has 1 aromatic heterocycles. The van der Waals surface area contributed by atoms with Gasteiger partial charge in [-0.25, -0.2) is 4.98 Å². The third-order valence-corrected chi connectivity index (χ3v) is 9.60. The first-order chi connectivity index (χ1) is 16.3. The van der Waals surface area contributed by atoms with Crippen LogP contribution in [0, 0.1) is 13.8 Å². The molecule has 9 heteroatoms. The van der Waals surface area contributed by atoms with Crippen molar-refractivity contribution >= 4 is 27.0 Å². The number of sulfonamides is 1. The number of rotatable bonds is 8. The van der Waals surface area contributed by atoms with Crippen LogP contribution in [0.1, 0.15) is 40.6 Å². The van der Waals surface area contributed by atoms with E-state index in [9.17, 15) is 8.42 Å². The van der Waals surface area contributed by atoms with Gasteiger partial charge in [0.25, 0.3) is 10.0 Å². The molecular formula is C25H32N4O3S2. The normalized spacial score (nSPS) is 18.6. The van der Waals surface area contributed by atoms with Gasteiger partial charge in [-0.2, -0.15) is 8.42 Å². The van der Waals surface area contributed by atoms with Crippen LogP contribution in [0.25, 0.3) is 0 Å². The van der Waals surface area contributed by atoms with Crippen LogP contribution in [0.15, 0.2) is 52.9 Å². The summed E-state index contributed by atoms with van der Waals surface area (Å²) in [5.74, 6) is 0.725. The van der Waals surface area contributed by atoms with Gasteiger partial charge in [0.1, 0.15) is 5.75 Å². The molecule has 0 amide bonds. The molecule has 0 aliphatic carbocycles. The first kappa shape index (κ1) is 24.7. The van der Waals surface area contributed by atoms with Gasteiger partial charge in [-0.1, -0.05) is 30.3 Å². The summed E-state index contributed by atoms with van der Waals surface area (Å²) >= 11 is 1.20. The van der Waals surface area contributed by atoms with Crippen molar-refractivity contribution in [1.29, 1.82) is 0 Å². The maximum atomic E-state index is 13.2. The zero-order valence-electron chi connectivity index (χ0n) is 20.0. The van der Waals surface area contributed by atoms with Crippen molar-refractivity contribution in [2.45, 2.75) is 49.7 Å². The number of ether oxygens (including phenoxy) is 1. The van der Waals surface area contributed by atoms with Crippen molar-refractivity contribution in [3.05, 3.63) is 70.2 Å². The molecule has 0 spiro atoms. The quantitative estimate of drug-likeness (QED) is 0.483. The van der Waals surface area contributed by atoms with E-state index in [1.54, 1.807) is 20.2 Å². The first-order valence-corrected chi connectivity index (χ1v) is 13.7. The molecule has 2 aromatic carbocycles. The minimum atomic E-state index is -3.74. The Hall–Kier alpha value is -2.46. The Morgan fingerprint density at radius 2 is 1.97 bits per heavy atom. The summed E-state index contributed by atoms with van der Waals surface area (Å²) in [6.07, 6.45) is 2.16. The second kappa shape index (κ2) is 10.4. The van der Waals surface area contributed by atoms with Crippen LogP contribution in [-0.4, -0.2) is 40.1 Å². The number of aryl methyl sites for hydroxylation is 2. The summed E-state index contributed by atoms with van der Waals surface area (Å²) in [6, 6.07) is 16.4. The second-order valence-corrected chi connectivity index (χ2v) is 11.9. The molecule has 0 saturated carbocycles. The number of thiazole rings is 1. The highest BCUT2D eigenvalue weighted by molar-refractivity contribution is 7.94. The van der Waals surface area contributed by atoms with Gasteiger partial charge in [-0.15, -0.1) is 11.3 Å². The fourth-order valence-electron chi connectivity index (χ4n) is 4.27. The molecular weight excluding hydrogens is 468 g/mol. The summed E-state index contributed by atoms with van der Waals surface area (Å²) in [6.45, 7) is 5.27. The van der Waals surface area contributed by atoms with Crippen molar-refractivity contribution in [2.24, 2.45) is 0 Å². The van der Waals surface area contributed by atoms with Gasteiger partial charge >= 0.3 is 0 Å². The Bertz CT molecular complexity index is 1210. The number of nitrogens with zero attached hydrogens (tertiary/aromatic N) is 2. The van der Waals surface area contributed by atoms with Crippen LogP contribution in [0.3, 0.4) is 0 Å². The van der Waals surface area contributed by atoms with Crippen LogP contribution in [0.2, 0.25) is 0 Å². The van der Waals surface area contributed by atoms with E-state index in [2.05, 4.69) is 39.9 Å². The second-order valence-electron chi connectivity index (χ2n) is 8.56. The van der Waals surface area contributed by atoms with E-state index in [0.29, 0.717) is 12.2 Å². The van der Waals surface area contributed by atoms with Crippen molar-refractivity contribution < 1.29 is 13.2 Å². The number of nitrogens with one attached hydrogen (secondary N) is 2. The Morgan fingerprint density at radius 3 is 2.65 bits per heavy atom. The molecule has 7 nitrogen and oxygen atoms in total. The van der Waals surface area contributed by atoms with Crippen molar-refractivity contribution in [1.82, 2.24) is 15.6 Å². The third kappa shape index (κ3) is 5.12. The summed E-state index contributed by atoms with van der Waals surface area (Å²) in [5, 5.41) is 7.33. The van der Waals surface area contributed by atoms with Gasteiger partial charge in [-0.05, 0) is 57.0 Å².